The zero-order valence-corrected chi connectivity index (χ0v) is 20.7. The van der Waals surface area contributed by atoms with Gasteiger partial charge in [-0.25, -0.2) is 27.5 Å². The number of nitrogens with one attached hydrogen (secondary N) is 2. The van der Waals surface area contributed by atoms with E-state index in [1.807, 2.05) is 20.8 Å². The molecule has 0 atom stereocenters. The van der Waals surface area contributed by atoms with Crippen LogP contribution in [0, 0.1) is 26.6 Å². The second-order valence-electron chi connectivity index (χ2n) is 8.03. The molecule has 3 aromatic heterocycles. The van der Waals surface area contributed by atoms with Crippen molar-refractivity contribution in [3.63, 3.8) is 0 Å². The summed E-state index contributed by atoms with van der Waals surface area (Å²) >= 11 is 0. The van der Waals surface area contributed by atoms with Crippen LogP contribution >= 0.6 is 0 Å². The number of halogens is 1. The Morgan fingerprint density at radius 3 is 2.49 bits per heavy atom. The highest BCUT2D eigenvalue weighted by Crippen LogP contribution is 2.26. The highest BCUT2D eigenvalue weighted by atomic mass is 32.2. The van der Waals surface area contributed by atoms with Crippen LogP contribution in [0.15, 0.2) is 59.8 Å². The van der Waals surface area contributed by atoms with Crippen LogP contribution in [0.4, 0.5) is 10.1 Å². The maximum atomic E-state index is 14.2. The summed E-state index contributed by atoms with van der Waals surface area (Å²) in [4.78, 5) is 8.25. The molecule has 5 rings (SSSR count). The Kier molecular flexibility index (Phi) is 6.09. The average Bonchev–Trinajstić information content (AvgIpc) is 3.50. The monoisotopic (exact) mass is 521 g/mol. The van der Waals surface area contributed by atoms with E-state index >= 15 is 0 Å². The molecule has 2 aromatic carbocycles. The van der Waals surface area contributed by atoms with Crippen LogP contribution in [0.25, 0.3) is 17.2 Å². The van der Waals surface area contributed by atoms with Crippen LogP contribution in [0.3, 0.4) is 0 Å². The molecular formula is C23H20FN9O3S. The molecule has 12 nitrogen and oxygen atoms in total. The lowest BCUT2D eigenvalue weighted by Crippen LogP contribution is -2.13. The number of aromatic amines is 1. The van der Waals surface area contributed by atoms with Gasteiger partial charge in [0.15, 0.2) is 5.82 Å². The minimum absolute atomic E-state index is 0.0584. The number of aryl methyl sites for hydroxylation is 1. The predicted octanol–water partition coefficient (Wildman–Crippen LogP) is 3.50. The van der Waals surface area contributed by atoms with Crippen LogP contribution in [-0.2, 0) is 10.0 Å². The van der Waals surface area contributed by atoms with Gasteiger partial charge in [0.05, 0.1) is 16.2 Å². The molecule has 14 heteroatoms. The number of hydrogen-bond donors (Lipinski definition) is 2. The van der Waals surface area contributed by atoms with Gasteiger partial charge >= 0.3 is 0 Å². The molecule has 0 bridgehead atoms. The first-order valence-electron chi connectivity index (χ1n) is 10.9. The second kappa shape index (κ2) is 9.39. The fraction of sp³-hybridized carbons (Fsp3) is 0.130. The van der Waals surface area contributed by atoms with E-state index < -0.39 is 15.8 Å². The third-order valence-corrected chi connectivity index (χ3v) is 7.04. The number of benzene rings is 2. The predicted molar refractivity (Wildman–Crippen MR) is 130 cm³/mol. The molecule has 0 unspecified atom stereocenters. The summed E-state index contributed by atoms with van der Waals surface area (Å²) in [5, 5.41) is 17.5. The largest absolute Gasteiger partial charge is 0.439 e. The maximum Gasteiger partial charge on any atom is 0.261 e. The van der Waals surface area contributed by atoms with E-state index in [-0.39, 0.29) is 22.0 Å². The van der Waals surface area contributed by atoms with Crippen molar-refractivity contribution in [3.8, 4) is 28.8 Å². The smallest absolute Gasteiger partial charge is 0.261 e. The molecule has 0 fully saturated rings. The SMILES string of the molecule is Cc1nn(-c2cc(Oc3ccc(NS(=O)(=O)c4ccc(F)c(-c5nn[nH]n5)c4)cc3)ncn2)c(C)c1C. The van der Waals surface area contributed by atoms with Crippen molar-refractivity contribution in [1.29, 1.82) is 0 Å². The van der Waals surface area contributed by atoms with Gasteiger partial charge in [-0.05, 0) is 74.0 Å². The van der Waals surface area contributed by atoms with Gasteiger partial charge in [-0.2, -0.15) is 10.3 Å². The molecule has 0 saturated heterocycles. The quantitative estimate of drug-likeness (QED) is 0.327. The van der Waals surface area contributed by atoms with Crippen LogP contribution in [-0.4, -0.2) is 48.8 Å². The van der Waals surface area contributed by atoms with Crippen molar-refractivity contribution in [2.45, 2.75) is 25.7 Å². The zero-order chi connectivity index (χ0) is 26.2. The molecule has 0 radical (unpaired) electrons. The number of tetrazole rings is 1. The standard InChI is InChI=1S/C23H20FN9O3S/c1-13-14(2)29-33(15(13)3)21-11-22(26-12-25-21)36-17-6-4-16(5-7-17)30-37(34,35)18-8-9-20(24)19(10-18)23-27-31-32-28-23/h4-12,30H,1-3H3,(H,27,28,31,32). The Labute approximate surface area is 210 Å². The van der Waals surface area contributed by atoms with E-state index in [0.717, 1.165) is 35.2 Å². The zero-order valence-electron chi connectivity index (χ0n) is 19.8. The molecule has 0 aliphatic rings. The van der Waals surface area contributed by atoms with Gasteiger partial charge in [-0.3, -0.25) is 4.72 Å². The van der Waals surface area contributed by atoms with E-state index in [4.69, 9.17) is 4.74 Å². The molecule has 0 aliphatic carbocycles. The number of H-pyrrole nitrogens is 1. The topological polar surface area (TPSA) is 153 Å². The van der Waals surface area contributed by atoms with Crippen molar-refractivity contribution in [2.75, 3.05) is 4.72 Å². The molecule has 37 heavy (non-hydrogen) atoms. The fourth-order valence-electron chi connectivity index (χ4n) is 3.49. The van der Waals surface area contributed by atoms with Crippen molar-refractivity contribution in [2.24, 2.45) is 0 Å². The number of aromatic nitrogens is 8. The summed E-state index contributed by atoms with van der Waals surface area (Å²) in [5.74, 6) is 0.546. The number of sulfonamides is 1. The summed E-state index contributed by atoms with van der Waals surface area (Å²) in [5.41, 5.74) is 3.12. The van der Waals surface area contributed by atoms with E-state index in [1.165, 1.54) is 18.5 Å². The van der Waals surface area contributed by atoms with Gasteiger partial charge in [0, 0.05) is 17.4 Å². The highest BCUT2D eigenvalue weighted by molar-refractivity contribution is 7.92. The minimum atomic E-state index is -4.03. The first kappa shape index (κ1) is 24.0. The first-order valence-corrected chi connectivity index (χ1v) is 12.4. The Balaban J connectivity index is 1.32. The maximum absolute atomic E-state index is 14.2. The van der Waals surface area contributed by atoms with Crippen molar-refractivity contribution < 1.29 is 17.5 Å². The van der Waals surface area contributed by atoms with Gasteiger partial charge in [-0.1, -0.05) is 0 Å². The third kappa shape index (κ3) is 4.86. The first-order chi connectivity index (χ1) is 17.7. The number of rotatable bonds is 7. The number of nitrogens with zero attached hydrogens (tertiary/aromatic N) is 7. The Morgan fingerprint density at radius 2 is 1.81 bits per heavy atom. The van der Waals surface area contributed by atoms with Gasteiger partial charge in [0.25, 0.3) is 10.0 Å². The summed E-state index contributed by atoms with van der Waals surface area (Å²) in [6.45, 7) is 5.87. The Hall–Kier alpha value is -4.72. The molecule has 0 aliphatic heterocycles. The van der Waals surface area contributed by atoms with Gasteiger partial charge < -0.3 is 4.74 Å². The molecule has 188 valence electrons. The van der Waals surface area contributed by atoms with Gasteiger partial charge in [0.2, 0.25) is 11.7 Å². The molecular weight excluding hydrogens is 501 g/mol. The fourth-order valence-corrected chi connectivity index (χ4v) is 4.57. The number of hydrogen-bond acceptors (Lipinski definition) is 9. The highest BCUT2D eigenvalue weighted by Gasteiger charge is 2.19. The average molecular weight is 522 g/mol. The van der Waals surface area contributed by atoms with Crippen LogP contribution < -0.4 is 9.46 Å². The summed E-state index contributed by atoms with van der Waals surface area (Å²) in [7, 11) is -4.03. The molecule has 2 N–H and O–H groups in total. The molecule has 5 aromatic rings. The Morgan fingerprint density at radius 1 is 1.03 bits per heavy atom. The lowest BCUT2D eigenvalue weighted by molar-refractivity contribution is 0.460. The lowest BCUT2D eigenvalue weighted by atomic mass is 10.2. The van der Waals surface area contributed by atoms with E-state index in [9.17, 15) is 12.8 Å². The molecule has 0 spiro atoms. The lowest BCUT2D eigenvalue weighted by Gasteiger charge is -2.11. The molecule has 3 heterocycles. The van der Waals surface area contributed by atoms with Crippen LogP contribution in [0.2, 0.25) is 0 Å². The molecule has 0 amide bonds. The van der Waals surface area contributed by atoms with Crippen molar-refractivity contribution >= 4 is 15.7 Å². The third-order valence-electron chi connectivity index (χ3n) is 5.66. The van der Waals surface area contributed by atoms with E-state index in [0.29, 0.717) is 17.4 Å². The van der Waals surface area contributed by atoms with E-state index in [2.05, 4.69) is 40.4 Å². The van der Waals surface area contributed by atoms with E-state index in [1.54, 1.807) is 22.9 Å². The van der Waals surface area contributed by atoms with Gasteiger partial charge in [0.1, 0.15) is 17.9 Å². The van der Waals surface area contributed by atoms with Crippen molar-refractivity contribution in [1.82, 2.24) is 40.4 Å². The summed E-state index contributed by atoms with van der Waals surface area (Å²) in [6, 6.07) is 11.2. The normalized spacial score (nSPS) is 11.5. The minimum Gasteiger partial charge on any atom is -0.439 e. The second-order valence-corrected chi connectivity index (χ2v) is 9.71. The Bertz CT molecular complexity index is 1690. The number of anilines is 1. The van der Waals surface area contributed by atoms with Gasteiger partial charge in [-0.15, -0.1) is 10.2 Å². The summed E-state index contributed by atoms with van der Waals surface area (Å²) < 4.78 is 49.9. The van der Waals surface area contributed by atoms with Crippen molar-refractivity contribution in [3.05, 3.63) is 77.6 Å². The summed E-state index contributed by atoms with van der Waals surface area (Å²) in [6.07, 6.45) is 1.38. The number of ether oxygens (including phenoxy) is 1. The van der Waals surface area contributed by atoms with Crippen LogP contribution in [0.1, 0.15) is 17.0 Å². The molecule has 0 saturated carbocycles. The van der Waals surface area contributed by atoms with Crippen LogP contribution in [0.5, 0.6) is 11.6 Å².